The molecular formula is C18H20N2O5. The van der Waals surface area contributed by atoms with Crippen LogP contribution in [-0.4, -0.2) is 43.1 Å². The molecule has 1 heterocycles. The van der Waals surface area contributed by atoms with Crippen molar-refractivity contribution in [1.29, 1.82) is 0 Å². The van der Waals surface area contributed by atoms with Crippen molar-refractivity contribution < 1.29 is 23.9 Å². The summed E-state index contributed by atoms with van der Waals surface area (Å²) < 4.78 is 9.61. The first kappa shape index (κ1) is 17.0. The van der Waals surface area contributed by atoms with Crippen LogP contribution in [0.1, 0.15) is 41.7 Å². The molecule has 1 atom stereocenters. The minimum absolute atomic E-state index is 0.141. The van der Waals surface area contributed by atoms with Gasteiger partial charge in [0, 0.05) is 11.7 Å². The van der Waals surface area contributed by atoms with Crippen molar-refractivity contribution in [2.45, 2.75) is 31.8 Å². The fourth-order valence-electron chi connectivity index (χ4n) is 3.08. The first-order chi connectivity index (χ1) is 12.0. The molecular weight excluding hydrogens is 324 g/mol. The highest BCUT2D eigenvalue weighted by atomic mass is 16.5. The summed E-state index contributed by atoms with van der Waals surface area (Å²) in [6.07, 6.45) is 1.86. The van der Waals surface area contributed by atoms with E-state index in [-0.39, 0.29) is 12.1 Å². The van der Waals surface area contributed by atoms with Gasteiger partial charge in [-0.25, -0.2) is 14.4 Å². The molecule has 25 heavy (non-hydrogen) atoms. The van der Waals surface area contributed by atoms with E-state index >= 15 is 0 Å². The number of nitrogens with one attached hydrogen (secondary N) is 1. The molecule has 0 saturated heterocycles. The molecule has 1 N–H and O–H groups in total. The van der Waals surface area contributed by atoms with E-state index in [1.54, 1.807) is 36.1 Å². The summed E-state index contributed by atoms with van der Waals surface area (Å²) in [5.74, 6) is -0.927. The van der Waals surface area contributed by atoms with Crippen molar-refractivity contribution in [3.8, 4) is 0 Å². The van der Waals surface area contributed by atoms with Gasteiger partial charge >= 0.3 is 18.0 Å². The lowest BCUT2D eigenvalue weighted by Gasteiger charge is -2.35. The highest BCUT2D eigenvalue weighted by Crippen LogP contribution is 2.37. The standard InChI is InChI=1S/C18H20N2O5/c1-10-14(17(22)25-3)15(19-18(23)20(10)13-8-9-13)11-4-6-12(7-5-11)16(21)24-2/h4-7,13,15H,8-9H2,1-3H3,(H,19,23)/t15-/m0/s1. The molecule has 0 spiro atoms. The van der Waals surface area contributed by atoms with Gasteiger partial charge in [-0.05, 0) is 37.5 Å². The Labute approximate surface area is 145 Å². The van der Waals surface area contributed by atoms with Gasteiger partial charge in [0.25, 0.3) is 0 Å². The summed E-state index contributed by atoms with van der Waals surface area (Å²) in [6, 6.07) is 5.88. The average molecular weight is 344 g/mol. The summed E-state index contributed by atoms with van der Waals surface area (Å²) in [5, 5.41) is 2.87. The predicted octanol–water partition coefficient (Wildman–Crippen LogP) is 2.15. The largest absolute Gasteiger partial charge is 0.466 e. The van der Waals surface area contributed by atoms with Gasteiger partial charge in [-0.1, -0.05) is 12.1 Å². The number of carbonyl (C=O) groups is 3. The Bertz CT molecular complexity index is 749. The number of carbonyl (C=O) groups excluding carboxylic acids is 3. The molecule has 2 amide bonds. The molecule has 0 radical (unpaired) electrons. The minimum atomic E-state index is -0.623. The van der Waals surface area contributed by atoms with E-state index in [0.29, 0.717) is 22.4 Å². The van der Waals surface area contributed by atoms with Crippen LogP contribution in [0.5, 0.6) is 0 Å². The van der Waals surface area contributed by atoms with Crippen LogP contribution in [0, 0.1) is 0 Å². The number of allylic oxidation sites excluding steroid dienone is 1. The van der Waals surface area contributed by atoms with Crippen molar-refractivity contribution in [2.24, 2.45) is 0 Å². The first-order valence-electron chi connectivity index (χ1n) is 8.05. The maximum atomic E-state index is 12.5. The van der Waals surface area contributed by atoms with Gasteiger partial charge in [-0.2, -0.15) is 0 Å². The zero-order chi connectivity index (χ0) is 18.1. The van der Waals surface area contributed by atoms with Crippen LogP contribution in [0.4, 0.5) is 4.79 Å². The summed E-state index contributed by atoms with van der Waals surface area (Å²) in [7, 11) is 2.63. The highest BCUT2D eigenvalue weighted by Gasteiger charge is 2.42. The fourth-order valence-corrected chi connectivity index (χ4v) is 3.08. The quantitative estimate of drug-likeness (QED) is 0.846. The van der Waals surface area contributed by atoms with Crippen molar-refractivity contribution in [2.75, 3.05) is 14.2 Å². The third kappa shape index (κ3) is 3.09. The zero-order valence-electron chi connectivity index (χ0n) is 14.4. The molecule has 7 heteroatoms. The fraction of sp³-hybridized carbons (Fsp3) is 0.389. The Hall–Kier alpha value is -2.83. The van der Waals surface area contributed by atoms with Crippen LogP contribution < -0.4 is 5.32 Å². The monoisotopic (exact) mass is 344 g/mol. The highest BCUT2D eigenvalue weighted by molar-refractivity contribution is 5.95. The lowest BCUT2D eigenvalue weighted by molar-refractivity contribution is -0.136. The summed E-state index contributed by atoms with van der Waals surface area (Å²) in [5.41, 5.74) is 2.10. The average Bonchev–Trinajstić information content (AvgIpc) is 3.45. The van der Waals surface area contributed by atoms with Crippen LogP contribution in [0.15, 0.2) is 35.5 Å². The second kappa shape index (κ2) is 6.58. The van der Waals surface area contributed by atoms with Crippen molar-refractivity contribution in [1.82, 2.24) is 10.2 Å². The second-order valence-electron chi connectivity index (χ2n) is 6.09. The number of hydrogen-bond acceptors (Lipinski definition) is 5. The van der Waals surface area contributed by atoms with Gasteiger partial charge in [-0.15, -0.1) is 0 Å². The van der Waals surface area contributed by atoms with E-state index in [2.05, 4.69) is 10.1 Å². The Morgan fingerprint density at radius 1 is 1.08 bits per heavy atom. The molecule has 3 rings (SSSR count). The molecule has 132 valence electrons. The number of methoxy groups -OCH3 is 2. The van der Waals surface area contributed by atoms with E-state index in [0.717, 1.165) is 12.8 Å². The van der Waals surface area contributed by atoms with Crippen LogP contribution >= 0.6 is 0 Å². The lowest BCUT2D eigenvalue weighted by Crippen LogP contribution is -2.48. The Morgan fingerprint density at radius 2 is 1.68 bits per heavy atom. The van der Waals surface area contributed by atoms with E-state index in [1.807, 2.05) is 0 Å². The summed E-state index contributed by atoms with van der Waals surface area (Å²) in [6.45, 7) is 1.76. The Balaban J connectivity index is 2.00. The Kier molecular flexibility index (Phi) is 4.48. The predicted molar refractivity (Wildman–Crippen MR) is 88.6 cm³/mol. The molecule has 1 aromatic carbocycles. The smallest absolute Gasteiger partial charge is 0.337 e. The molecule has 7 nitrogen and oxygen atoms in total. The van der Waals surface area contributed by atoms with Gasteiger partial charge in [0.1, 0.15) is 0 Å². The van der Waals surface area contributed by atoms with Gasteiger partial charge in [-0.3, -0.25) is 4.90 Å². The molecule has 0 bridgehead atoms. The molecule has 1 fully saturated rings. The molecule has 0 unspecified atom stereocenters. The van der Waals surface area contributed by atoms with E-state index in [9.17, 15) is 14.4 Å². The van der Waals surface area contributed by atoms with Crippen molar-refractivity contribution >= 4 is 18.0 Å². The number of hydrogen-bond donors (Lipinski definition) is 1. The third-order valence-electron chi connectivity index (χ3n) is 4.51. The van der Waals surface area contributed by atoms with Gasteiger partial charge < -0.3 is 14.8 Å². The molecule has 1 aromatic rings. The minimum Gasteiger partial charge on any atom is -0.466 e. The van der Waals surface area contributed by atoms with Crippen molar-refractivity contribution in [3.05, 3.63) is 46.7 Å². The first-order valence-corrected chi connectivity index (χ1v) is 8.05. The number of amides is 2. The number of rotatable bonds is 4. The normalized spacial score (nSPS) is 20.2. The SMILES string of the molecule is COC(=O)C1=C(C)N(C2CC2)C(=O)N[C@H]1c1ccc(C(=O)OC)cc1. The second-order valence-corrected chi connectivity index (χ2v) is 6.09. The number of nitrogens with zero attached hydrogens (tertiary/aromatic N) is 1. The van der Waals surface area contributed by atoms with Crippen LogP contribution in [0.2, 0.25) is 0 Å². The maximum Gasteiger partial charge on any atom is 0.337 e. The van der Waals surface area contributed by atoms with E-state index in [1.165, 1.54) is 14.2 Å². The summed E-state index contributed by atoms with van der Waals surface area (Å²) >= 11 is 0. The van der Waals surface area contributed by atoms with Crippen LogP contribution in [-0.2, 0) is 14.3 Å². The molecule has 1 saturated carbocycles. The summed E-state index contributed by atoms with van der Waals surface area (Å²) in [4.78, 5) is 38.0. The van der Waals surface area contributed by atoms with Crippen LogP contribution in [0.25, 0.3) is 0 Å². The molecule has 1 aliphatic heterocycles. The van der Waals surface area contributed by atoms with Gasteiger partial charge in [0.2, 0.25) is 0 Å². The molecule has 0 aromatic heterocycles. The number of ether oxygens (including phenoxy) is 2. The maximum absolute atomic E-state index is 12.5. The number of urea groups is 1. The van der Waals surface area contributed by atoms with Crippen LogP contribution in [0.3, 0.4) is 0 Å². The topological polar surface area (TPSA) is 84.9 Å². The number of esters is 2. The Morgan fingerprint density at radius 3 is 2.20 bits per heavy atom. The zero-order valence-corrected chi connectivity index (χ0v) is 14.4. The third-order valence-corrected chi connectivity index (χ3v) is 4.51. The van der Waals surface area contributed by atoms with Crippen molar-refractivity contribution in [3.63, 3.8) is 0 Å². The molecule has 2 aliphatic rings. The van der Waals surface area contributed by atoms with Gasteiger partial charge in [0.15, 0.2) is 0 Å². The number of benzene rings is 1. The van der Waals surface area contributed by atoms with E-state index in [4.69, 9.17) is 4.74 Å². The lowest BCUT2D eigenvalue weighted by atomic mass is 9.94. The van der Waals surface area contributed by atoms with Gasteiger partial charge in [0.05, 0.1) is 31.4 Å². The van der Waals surface area contributed by atoms with E-state index < -0.39 is 18.0 Å². The molecule has 1 aliphatic carbocycles.